The number of nitrogens with zero attached hydrogens (tertiary/aromatic N) is 2. The third kappa shape index (κ3) is 10.8. The average Bonchev–Trinajstić information content (AvgIpc) is 3.32. The smallest absolute Gasteiger partial charge is 0.493 e. The number of aromatic nitrogens is 2. The molecule has 3 aromatic rings. The predicted molar refractivity (Wildman–Crippen MR) is 161 cm³/mol. The minimum atomic E-state index is -5.36. The molecule has 0 N–H and O–H groups in total. The first-order valence-corrected chi connectivity index (χ1v) is 15.2. The molecule has 0 aliphatic heterocycles. The van der Waals surface area contributed by atoms with Gasteiger partial charge >= 0.3 is 24.5 Å². The number of rotatable bonds is 19. The van der Waals surface area contributed by atoms with Gasteiger partial charge in [0, 0.05) is 41.0 Å². The topological polar surface area (TPSA) is 71.8 Å². The zero-order valence-corrected chi connectivity index (χ0v) is 26.4. The molecule has 0 amide bonds. The van der Waals surface area contributed by atoms with Crippen LogP contribution in [0.3, 0.4) is 0 Å². The van der Waals surface area contributed by atoms with Gasteiger partial charge < -0.3 is 14.0 Å². The van der Waals surface area contributed by atoms with Crippen LogP contribution in [0.25, 0.3) is 22.2 Å². The van der Waals surface area contributed by atoms with E-state index in [1.54, 1.807) is 18.2 Å². The summed E-state index contributed by atoms with van der Waals surface area (Å²) in [5, 5.41) is 0.888. The van der Waals surface area contributed by atoms with Gasteiger partial charge in [0.15, 0.2) is 0 Å². The Labute approximate surface area is 264 Å². The molecule has 0 aliphatic carbocycles. The summed E-state index contributed by atoms with van der Waals surface area (Å²) < 4.78 is 102. The molecular formula is C33H40F6N2O5. The Kier molecular flexibility index (Phi) is 12.7. The Bertz CT molecular complexity index is 1470. The number of alkyl halides is 6. The maximum atomic E-state index is 14.2. The van der Waals surface area contributed by atoms with Crippen LogP contribution in [-0.2, 0) is 38.4 Å². The molecule has 254 valence electrons. The summed E-state index contributed by atoms with van der Waals surface area (Å²) in [6.45, 7) is 10.3. The fourth-order valence-corrected chi connectivity index (χ4v) is 4.78. The Morgan fingerprint density at radius 3 is 2.24 bits per heavy atom. The number of pyridine rings is 1. The van der Waals surface area contributed by atoms with Gasteiger partial charge in [0.2, 0.25) is 0 Å². The van der Waals surface area contributed by atoms with Gasteiger partial charge in [-0.15, -0.1) is 8.78 Å². The van der Waals surface area contributed by atoms with E-state index in [4.69, 9.17) is 9.72 Å². The lowest BCUT2D eigenvalue weighted by Gasteiger charge is -2.26. The summed E-state index contributed by atoms with van der Waals surface area (Å²) in [6, 6.07) is 11.1. The van der Waals surface area contributed by atoms with Gasteiger partial charge in [-0.05, 0) is 61.9 Å². The highest BCUT2D eigenvalue weighted by molar-refractivity contribution is 5.88. The molecular weight excluding hydrogens is 618 g/mol. The van der Waals surface area contributed by atoms with Crippen LogP contribution in [0.15, 0.2) is 49.1 Å². The van der Waals surface area contributed by atoms with E-state index in [2.05, 4.69) is 45.3 Å². The number of hydrogen-bond donors (Lipinski definition) is 0. The van der Waals surface area contributed by atoms with Crippen LogP contribution in [0.4, 0.5) is 26.3 Å². The molecule has 46 heavy (non-hydrogen) atoms. The van der Waals surface area contributed by atoms with Crippen molar-refractivity contribution in [2.75, 3.05) is 13.2 Å². The summed E-state index contributed by atoms with van der Waals surface area (Å²) >= 11 is 0. The second-order valence-corrected chi connectivity index (χ2v) is 11.1. The van der Waals surface area contributed by atoms with Gasteiger partial charge in [-0.25, -0.2) is 14.3 Å². The number of benzene rings is 1. The zero-order valence-electron chi connectivity index (χ0n) is 26.4. The van der Waals surface area contributed by atoms with E-state index in [-0.39, 0.29) is 5.75 Å². The van der Waals surface area contributed by atoms with Gasteiger partial charge in [-0.2, -0.15) is 17.6 Å². The van der Waals surface area contributed by atoms with Crippen LogP contribution in [-0.4, -0.2) is 47.2 Å². The van der Waals surface area contributed by atoms with E-state index in [0.717, 1.165) is 59.2 Å². The van der Waals surface area contributed by atoms with Crippen LogP contribution >= 0.6 is 0 Å². The third-order valence-corrected chi connectivity index (χ3v) is 7.05. The molecule has 7 nitrogen and oxygen atoms in total. The summed E-state index contributed by atoms with van der Waals surface area (Å²) in [5.74, 6) is -0.374. The highest BCUT2D eigenvalue weighted by Gasteiger charge is 2.52. The van der Waals surface area contributed by atoms with E-state index < -0.39 is 50.5 Å². The molecule has 0 spiro atoms. The highest BCUT2D eigenvalue weighted by atomic mass is 19.3. The number of aryl methyl sites for hydroxylation is 3. The first-order valence-electron chi connectivity index (χ1n) is 15.2. The van der Waals surface area contributed by atoms with Gasteiger partial charge in [0.25, 0.3) is 0 Å². The maximum Gasteiger partial charge on any atom is 0.494 e. The van der Waals surface area contributed by atoms with Crippen molar-refractivity contribution in [1.29, 1.82) is 0 Å². The third-order valence-electron chi connectivity index (χ3n) is 7.05. The number of hydrogen-bond acceptors (Lipinski definition) is 6. The van der Waals surface area contributed by atoms with Crippen molar-refractivity contribution >= 4 is 16.9 Å². The average molecular weight is 659 g/mol. The molecule has 2 aromatic heterocycles. The first kappa shape index (κ1) is 36.9. The molecule has 1 aromatic carbocycles. The van der Waals surface area contributed by atoms with Gasteiger partial charge in [0.1, 0.15) is 5.75 Å². The second-order valence-electron chi connectivity index (χ2n) is 11.1. The summed E-state index contributed by atoms with van der Waals surface area (Å²) in [7, 11) is 0. The van der Waals surface area contributed by atoms with Crippen molar-refractivity contribution in [3.63, 3.8) is 0 Å². The maximum absolute atomic E-state index is 14.2. The van der Waals surface area contributed by atoms with Crippen molar-refractivity contribution in [3.8, 4) is 17.0 Å². The Hall–Kier alpha value is -3.58. The van der Waals surface area contributed by atoms with Gasteiger partial charge in [-0.3, -0.25) is 4.98 Å². The van der Waals surface area contributed by atoms with E-state index in [9.17, 15) is 31.1 Å². The second kappa shape index (κ2) is 15.8. The fraction of sp³-hybridized carbons (Fsp3) is 0.515. The summed E-state index contributed by atoms with van der Waals surface area (Å²) in [6.07, 6.45) is -13.4. The SMILES string of the molecule is C=CC(=O)OCCC(F)(F)OC(F)(F)OC(F)(F)CCOc1ccc2cc(-c3ccc(CC)nc3CC)n(CCCC(C)C)c2c1. The normalized spacial score (nSPS) is 12.6. The number of esters is 1. The quantitative estimate of drug-likeness (QED) is 0.0555. The van der Waals surface area contributed by atoms with E-state index in [1.165, 1.54) is 0 Å². The van der Waals surface area contributed by atoms with Crippen LogP contribution in [0.1, 0.15) is 64.8 Å². The van der Waals surface area contributed by atoms with E-state index in [1.807, 2.05) is 26.0 Å². The molecule has 0 saturated carbocycles. The number of carbonyl (C=O) groups is 1. The number of ether oxygens (including phenoxy) is 4. The molecule has 2 heterocycles. The Morgan fingerprint density at radius 2 is 1.63 bits per heavy atom. The lowest BCUT2D eigenvalue weighted by atomic mass is 10.1. The highest BCUT2D eigenvalue weighted by Crippen LogP contribution is 2.37. The minimum Gasteiger partial charge on any atom is -0.493 e. The van der Waals surface area contributed by atoms with Crippen LogP contribution in [0.5, 0.6) is 5.75 Å². The monoisotopic (exact) mass is 658 g/mol. The number of halogens is 6. The molecule has 13 heteroatoms. The predicted octanol–water partition coefficient (Wildman–Crippen LogP) is 8.92. The van der Waals surface area contributed by atoms with Crippen molar-refractivity contribution in [3.05, 3.63) is 60.4 Å². The number of fused-ring (bicyclic) bond motifs is 1. The van der Waals surface area contributed by atoms with Crippen LogP contribution in [0.2, 0.25) is 0 Å². The minimum absolute atomic E-state index is 0.205. The van der Waals surface area contributed by atoms with Crippen molar-refractivity contribution in [2.45, 2.75) is 91.3 Å². The largest absolute Gasteiger partial charge is 0.494 e. The summed E-state index contributed by atoms with van der Waals surface area (Å²) in [5.41, 5.74) is 4.69. The van der Waals surface area contributed by atoms with E-state index in [0.29, 0.717) is 18.5 Å². The molecule has 3 rings (SSSR count). The fourth-order valence-electron chi connectivity index (χ4n) is 4.78. The molecule has 0 saturated heterocycles. The Morgan fingerprint density at radius 1 is 0.957 bits per heavy atom. The van der Waals surface area contributed by atoms with Crippen molar-refractivity contribution in [2.24, 2.45) is 5.92 Å². The molecule has 0 aliphatic rings. The summed E-state index contributed by atoms with van der Waals surface area (Å²) in [4.78, 5) is 15.7. The molecule has 0 unspecified atom stereocenters. The standard InChI is InChI=1S/C33H40F6N2O5/c1-6-24-12-14-26(27(7-2)40-24)29-20-23-11-13-25(21-28(23)41(29)17-9-10-22(4)5)43-18-15-31(34,35)45-33(38,39)46-32(36,37)16-19-44-30(42)8-3/h8,11-14,20-22H,3,6-7,9-10,15-19H2,1-2,4-5H3. The first-order chi connectivity index (χ1) is 21.6. The lowest BCUT2D eigenvalue weighted by Crippen LogP contribution is -2.41. The number of carbonyl (C=O) groups excluding carboxylic acids is 1. The molecule has 0 atom stereocenters. The zero-order chi connectivity index (χ0) is 34.1. The van der Waals surface area contributed by atoms with Crippen LogP contribution < -0.4 is 4.74 Å². The molecule has 0 bridgehead atoms. The van der Waals surface area contributed by atoms with Gasteiger partial charge in [0.05, 0.1) is 37.3 Å². The van der Waals surface area contributed by atoms with Gasteiger partial charge in [-0.1, -0.05) is 34.3 Å². The molecule has 0 radical (unpaired) electrons. The van der Waals surface area contributed by atoms with Crippen LogP contribution in [0, 0.1) is 5.92 Å². The Balaban J connectivity index is 1.73. The molecule has 0 fully saturated rings. The van der Waals surface area contributed by atoms with Crippen molar-refractivity contribution < 1.29 is 50.1 Å². The van der Waals surface area contributed by atoms with E-state index >= 15 is 0 Å². The lowest BCUT2D eigenvalue weighted by molar-refractivity contribution is -0.514. The van der Waals surface area contributed by atoms with Crippen molar-refractivity contribution in [1.82, 2.24) is 9.55 Å².